The van der Waals surface area contributed by atoms with E-state index in [0.717, 1.165) is 17.5 Å². The van der Waals surface area contributed by atoms with Crippen molar-refractivity contribution in [1.29, 1.82) is 0 Å². The standard InChI is InChI=1S/C12H18N2O2S/c1-9(13)11-4-3-10-5-6-14(17(2,15)16)8-12(10)7-11/h3-4,7,9H,5-6,8,13H2,1-2H3. The van der Waals surface area contributed by atoms with Crippen molar-refractivity contribution in [2.24, 2.45) is 5.73 Å². The monoisotopic (exact) mass is 254 g/mol. The lowest BCUT2D eigenvalue weighted by molar-refractivity contribution is 0.394. The molecule has 1 unspecified atom stereocenters. The van der Waals surface area contributed by atoms with Crippen molar-refractivity contribution in [1.82, 2.24) is 4.31 Å². The second-order valence-electron chi connectivity index (χ2n) is 4.66. The number of hydrogen-bond acceptors (Lipinski definition) is 3. The first kappa shape index (κ1) is 12.5. The first-order chi connectivity index (χ1) is 7.88. The smallest absolute Gasteiger partial charge is 0.211 e. The minimum atomic E-state index is -3.10. The Hall–Kier alpha value is -0.910. The molecule has 2 N–H and O–H groups in total. The van der Waals surface area contributed by atoms with E-state index in [9.17, 15) is 8.42 Å². The molecule has 1 aliphatic rings. The Morgan fingerprint density at radius 3 is 2.65 bits per heavy atom. The maximum absolute atomic E-state index is 11.5. The molecule has 2 rings (SSSR count). The van der Waals surface area contributed by atoms with E-state index in [1.165, 1.54) is 16.1 Å². The highest BCUT2D eigenvalue weighted by molar-refractivity contribution is 7.88. The van der Waals surface area contributed by atoms with Gasteiger partial charge in [0.15, 0.2) is 0 Å². The van der Waals surface area contributed by atoms with Crippen molar-refractivity contribution < 1.29 is 8.42 Å². The van der Waals surface area contributed by atoms with E-state index < -0.39 is 10.0 Å². The fraction of sp³-hybridized carbons (Fsp3) is 0.500. The van der Waals surface area contributed by atoms with E-state index in [4.69, 9.17) is 5.73 Å². The van der Waals surface area contributed by atoms with Gasteiger partial charge in [-0.3, -0.25) is 0 Å². The van der Waals surface area contributed by atoms with Crippen LogP contribution in [0.4, 0.5) is 0 Å². The Labute approximate surface area is 102 Å². The Morgan fingerprint density at radius 2 is 2.06 bits per heavy atom. The van der Waals surface area contributed by atoms with E-state index >= 15 is 0 Å². The summed E-state index contributed by atoms with van der Waals surface area (Å²) in [6.07, 6.45) is 2.04. The first-order valence-corrected chi connectivity index (χ1v) is 7.55. The van der Waals surface area contributed by atoms with Gasteiger partial charge in [-0.2, -0.15) is 4.31 Å². The fourth-order valence-electron chi connectivity index (χ4n) is 2.12. The molecule has 0 saturated heterocycles. The van der Waals surface area contributed by atoms with Gasteiger partial charge < -0.3 is 5.73 Å². The highest BCUT2D eigenvalue weighted by Crippen LogP contribution is 2.23. The Morgan fingerprint density at radius 1 is 1.35 bits per heavy atom. The van der Waals surface area contributed by atoms with Crippen molar-refractivity contribution in [2.75, 3.05) is 12.8 Å². The average molecular weight is 254 g/mol. The summed E-state index contributed by atoms with van der Waals surface area (Å²) in [6, 6.07) is 6.10. The lowest BCUT2D eigenvalue weighted by Gasteiger charge is -2.27. The van der Waals surface area contributed by atoms with Crippen LogP contribution in [0.3, 0.4) is 0 Å². The van der Waals surface area contributed by atoms with Crippen LogP contribution in [0.1, 0.15) is 29.7 Å². The summed E-state index contributed by atoms with van der Waals surface area (Å²) in [5.74, 6) is 0. The van der Waals surface area contributed by atoms with Crippen LogP contribution in [0.2, 0.25) is 0 Å². The normalized spacial score (nSPS) is 18.8. The Balaban J connectivity index is 2.33. The van der Waals surface area contributed by atoms with Gasteiger partial charge in [-0.1, -0.05) is 18.2 Å². The predicted molar refractivity (Wildman–Crippen MR) is 68.0 cm³/mol. The molecule has 1 aromatic carbocycles. The van der Waals surface area contributed by atoms with Crippen LogP contribution in [0.5, 0.6) is 0 Å². The van der Waals surface area contributed by atoms with Gasteiger partial charge in [-0.25, -0.2) is 8.42 Å². The molecular formula is C12H18N2O2S. The zero-order chi connectivity index (χ0) is 12.6. The predicted octanol–water partition coefficient (Wildman–Crippen LogP) is 1.02. The third-order valence-electron chi connectivity index (χ3n) is 3.20. The molecule has 5 heteroatoms. The number of rotatable bonds is 2. The Bertz CT molecular complexity index is 523. The molecule has 0 aromatic heterocycles. The van der Waals surface area contributed by atoms with Crippen molar-refractivity contribution in [3.8, 4) is 0 Å². The van der Waals surface area contributed by atoms with Gasteiger partial charge in [-0.05, 0) is 30.0 Å². The third-order valence-corrected chi connectivity index (χ3v) is 4.45. The van der Waals surface area contributed by atoms with E-state index in [-0.39, 0.29) is 6.04 Å². The quantitative estimate of drug-likeness (QED) is 0.857. The summed E-state index contributed by atoms with van der Waals surface area (Å²) in [5, 5.41) is 0. The molecule has 0 spiro atoms. The largest absolute Gasteiger partial charge is 0.324 e. The summed E-state index contributed by atoms with van der Waals surface area (Å²) >= 11 is 0. The second kappa shape index (κ2) is 4.40. The Kier molecular flexibility index (Phi) is 3.25. The fourth-order valence-corrected chi connectivity index (χ4v) is 2.91. The number of nitrogens with two attached hydrogens (primary N) is 1. The summed E-state index contributed by atoms with van der Waals surface area (Å²) in [5.41, 5.74) is 9.20. The van der Waals surface area contributed by atoms with Crippen molar-refractivity contribution in [3.63, 3.8) is 0 Å². The topological polar surface area (TPSA) is 63.4 Å². The molecule has 0 fully saturated rings. The molecule has 94 valence electrons. The van der Waals surface area contributed by atoms with Crippen LogP contribution in [0.25, 0.3) is 0 Å². The molecule has 4 nitrogen and oxygen atoms in total. The van der Waals surface area contributed by atoms with Crippen LogP contribution < -0.4 is 5.73 Å². The molecule has 0 saturated carbocycles. The number of nitrogens with zero attached hydrogens (tertiary/aromatic N) is 1. The molecule has 1 aromatic rings. The summed E-state index contributed by atoms with van der Waals surface area (Å²) in [7, 11) is -3.10. The molecule has 0 amide bonds. The average Bonchev–Trinajstić information content (AvgIpc) is 2.26. The molecule has 1 aliphatic heterocycles. The van der Waals surface area contributed by atoms with Gasteiger partial charge in [0.2, 0.25) is 10.0 Å². The van der Waals surface area contributed by atoms with Gasteiger partial charge in [0.05, 0.1) is 6.26 Å². The van der Waals surface area contributed by atoms with Crippen molar-refractivity contribution in [3.05, 3.63) is 34.9 Å². The van der Waals surface area contributed by atoms with Gasteiger partial charge in [0.25, 0.3) is 0 Å². The molecule has 0 bridgehead atoms. The minimum Gasteiger partial charge on any atom is -0.324 e. The van der Waals surface area contributed by atoms with Gasteiger partial charge >= 0.3 is 0 Å². The zero-order valence-corrected chi connectivity index (χ0v) is 11.0. The SMILES string of the molecule is CC(N)c1ccc2c(c1)CN(S(C)(=O)=O)CC2. The summed E-state index contributed by atoms with van der Waals surface area (Å²) in [4.78, 5) is 0. The third kappa shape index (κ3) is 2.68. The summed E-state index contributed by atoms with van der Waals surface area (Å²) in [6.45, 7) is 2.97. The number of fused-ring (bicyclic) bond motifs is 1. The molecule has 1 atom stereocenters. The zero-order valence-electron chi connectivity index (χ0n) is 10.2. The van der Waals surface area contributed by atoms with Crippen LogP contribution >= 0.6 is 0 Å². The lowest BCUT2D eigenvalue weighted by atomic mass is 9.96. The van der Waals surface area contributed by atoms with Gasteiger partial charge in [0.1, 0.15) is 0 Å². The molecule has 1 heterocycles. The van der Waals surface area contributed by atoms with Crippen LogP contribution in [0.15, 0.2) is 18.2 Å². The number of benzene rings is 1. The van der Waals surface area contributed by atoms with Crippen LogP contribution in [-0.2, 0) is 23.0 Å². The second-order valence-corrected chi connectivity index (χ2v) is 6.65. The molecule has 0 radical (unpaired) electrons. The van der Waals surface area contributed by atoms with E-state index in [0.29, 0.717) is 13.1 Å². The number of hydrogen-bond donors (Lipinski definition) is 1. The van der Waals surface area contributed by atoms with Gasteiger partial charge in [0, 0.05) is 19.1 Å². The highest BCUT2D eigenvalue weighted by atomic mass is 32.2. The molecule has 0 aliphatic carbocycles. The van der Waals surface area contributed by atoms with Gasteiger partial charge in [-0.15, -0.1) is 0 Å². The highest BCUT2D eigenvalue weighted by Gasteiger charge is 2.23. The van der Waals surface area contributed by atoms with E-state index in [1.54, 1.807) is 0 Å². The minimum absolute atomic E-state index is 0.0195. The van der Waals surface area contributed by atoms with Crippen molar-refractivity contribution in [2.45, 2.75) is 25.9 Å². The summed E-state index contributed by atoms with van der Waals surface area (Å²) < 4.78 is 24.5. The van der Waals surface area contributed by atoms with E-state index in [1.807, 2.05) is 19.1 Å². The molecular weight excluding hydrogens is 236 g/mol. The van der Waals surface area contributed by atoms with Crippen LogP contribution in [0, 0.1) is 0 Å². The maximum atomic E-state index is 11.5. The number of sulfonamides is 1. The lowest BCUT2D eigenvalue weighted by Crippen LogP contribution is -2.35. The first-order valence-electron chi connectivity index (χ1n) is 5.70. The molecule has 17 heavy (non-hydrogen) atoms. The maximum Gasteiger partial charge on any atom is 0.211 e. The van der Waals surface area contributed by atoms with Crippen molar-refractivity contribution >= 4 is 10.0 Å². The van der Waals surface area contributed by atoms with Crippen LogP contribution in [-0.4, -0.2) is 25.5 Å². The van der Waals surface area contributed by atoms with E-state index in [2.05, 4.69) is 6.07 Å².